The molecule has 0 radical (unpaired) electrons. The summed E-state index contributed by atoms with van der Waals surface area (Å²) in [5.41, 5.74) is 5.55. The first-order chi connectivity index (χ1) is 11.9. The topological polar surface area (TPSA) is 44.4 Å². The van der Waals surface area contributed by atoms with Crippen LogP contribution in [-0.2, 0) is 6.18 Å². The van der Waals surface area contributed by atoms with Gasteiger partial charge in [-0.2, -0.15) is 13.2 Å². The summed E-state index contributed by atoms with van der Waals surface area (Å²) in [6, 6.07) is 12.2. The number of anilines is 2. The molecule has 0 aliphatic carbocycles. The minimum absolute atomic E-state index is 0.0140. The molecule has 0 aromatic heterocycles. The Morgan fingerprint density at radius 2 is 1.68 bits per heavy atom. The van der Waals surface area contributed by atoms with Crippen LogP contribution in [0, 0.1) is 0 Å². The van der Waals surface area contributed by atoms with E-state index in [4.69, 9.17) is 0 Å². The maximum absolute atomic E-state index is 13.0. The highest BCUT2D eigenvalue weighted by atomic mass is 19.4. The number of nitrogens with one attached hydrogen (secondary N) is 2. The lowest BCUT2D eigenvalue weighted by Crippen LogP contribution is -2.32. The first kappa shape index (κ1) is 17.1. The summed E-state index contributed by atoms with van der Waals surface area (Å²) in [6.45, 7) is 1.47. The average molecular weight is 349 g/mol. The van der Waals surface area contributed by atoms with Crippen molar-refractivity contribution in [1.29, 1.82) is 0 Å². The van der Waals surface area contributed by atoms with Crippen LogP contribution >= 0.6 is 0 Å². The summed E-state index contributed by atoms with van der Waals surface area (Å²) in [5.74, 6) is -0.600. The van der Waals surface area contributed by atoms with Crippen molar-refractivity contribution in [2.75, 3.05) is 23.4 Å². The number of hydrogen-bond acceptors (Lipinski definition) is 3. The van der Waals surface area contributed by atoms with E-state index in [1.807, 2.05) is 11.0 Å². The number of alkyl halides is 3. The molecule has 132 valence electrons. The predicted molar refractivity (Wildman–Crippen MR) is 90.4 cm³/mol. The second kappa shape index (κ2) is 7.04. The minimum atomic E-state index is -4.49. The van der Waals surface area contributed by atoms with Gasteiger partial charge in [0, 0.05) is 18.8 Å². The van der Waals surface area contributed by atoms with Crippen LogP contribution in [0.5, 0.6) is 0 Å². The maximum Gasteiger partial charge on any atom is 0.416 e. The number of halogens is 3. The maximum atomic E-state index is 13.0. The summed E-state index contributed by atoms with van der Waals surface area (Å²) < 4.78 is 39.1. The first-order valence-corrected chi connectivity index (χ1v) is 8.03. The summed E-state index contributed by atoms with van der Waals surface area (Å²) in [4.78, 5) is 14.4. The average Bonchev–Trinajstić information content (AvgIpc) is 3.14. The molecule has 1 saturated heterocycles. The van der Waals surface area contributed by atoms with E-state index < -0.39 is 17.6 Å². The first-order valence-electron chi connectivity index (χ1n) is 8.03. The lowest BCUT2D eigenvalue weighted by atomic mass is 10.1. The van der Waals surface area contributed by atoms with Crippen LogP contribution in [0.25, 0.3) is 0 Å². The number of para-hydroxylation sites is 1. The van der Waals surface area contributed by atoms with Gasteiger partial charge in [-0.05, 0) is 43.2 Å². The summed E-state index contributed by atoms with van der Waals surface area (Å²) in [6.07, 6.45) is -2.57. The zero-order valence-corrected chi connectivity index (χ0v) is 13.4. The van der Waals surface area contributed by atoms with Crippen molar-refractivity contribution in [2.24, 2.45) is 0 Å². The molecular weight excluding hydrogens is 331 g/mol. The van der Waals surface area contributed by atoms with Gasteiger partial charge < -0.3 is 4.90 Å². The molecule has 0 spiro atoms. The van der Waals surface area contributed by atoms with Gasteiger partial charge in [0.15, 0.2) is 0 Å². The smallest absolute Gasteiger partial charge is 0.371 e. The van der Waals surface area contributed by atoms with Crippen LogP contribution in [0.2, 0.25) is 0 Å². The molecule has 1 amide bonds. The van der Waals surface area contributed by atoms with Crippen LogP contribution in [0.3, 0.4) is 0 Å². The molecule has 0 saturated carbocycles. The Morgan fingerprint density at radius 3 is 2.32 bits per heavy atom. The van der Waals surface area contributed by atoms with Gasteiger partial charge in [0.1, 0.15) is 0 Å². The Bertz CT molecular complexity index is 741. The predicted octanol–water partition coefficient (Wildman–Crippen LogP) is 4.06. The molecule has 3 rings (SSSR count). The van der Waals surface area contributed by atoms with Crippen LogP contribution in [0.4, 0.5) is 24.5 Å². The highest BCUT2D eigenvalue weighted by molar-refractivity contribution is 6.00. The van der Waals surface area contributed by atoms with E-state index in [0.29, 0.717) is 11.4 Å². The van der Waals surface area contributed by atoms with E-state index in [2.05, 4.69) is 10.9 Å². The van der Waals surface area contributed by atoms with Crippen LogP contribution in [0.1, 0.15) is 28.8 Å². The third-order valence-corrected chi connectivity index (χ3v) is 4.11. The molecule has 2 aromatic carbocycles. The number of amides is 1. The highest BCUT2D eigenvalue weighted by Gasteiger charge is 2.32. The van der Waals surface area contributed by atoms with Gasteiger partial charge >= 0.3 is 6.18 Å². The lowest BCUT2D eigenvalue weighted by molar-refractivity contribution is -0.137. The molecule has 25 heavy (non-hydrogen) atoms. The van der Waals surface area contributed by atoms with Crippen molar-refractivity contribution in [3.8, 4) is 0 Å². The van der Waals surface area contributed by atoms with E-state index >= 15 is 0 Å². The van der Waals surface area contributed by atoms with E-state index in [1.165, 1.54) is 6.07 Å². The van der Waals surface area contributed by atoms with Gasteiger partial charge in [0.25, 0.3) is 5.91 Å². The Morgan fingerprint density at radius 1 is 1.00 bits per heavy atom. The Kier molecular flexibility index (Phi) is 4.83. The fourth-order valence-corrected chi connectivity index (χ4v) is 2.85. The number of nitrogens with zero attached hydrogens (tertiary/aromatic N) is 1. The highest BCUT2D eigenvalue weighted by Crippen LogP contribution is 2.34. The van der Waals surface area contributed by atoms with Gasteiger partial charge in [-0.3, -0.25) is 15.6 Å². The van der Waals surface area contributed by atoms with E-state index in [-0.39, 0.29) is 5.56 Å². The number of rotatable bonds is 4. The van der Waals surface area contributed by atoms with E-state index in [1.54, 1.807) is 24.3 Å². The number of carbonyl (C=O) groups is 1. The Balaban J connectivity index is 1.86. The molecule has 2 aromatic rings. The fourth-order valence-electron chi connectivity index (χ4n) is 2.85. The van der Waals surface area contributed by atoms with Crippen LogP contribution in [0.15, 0.2) is 48.5 Å². The molecule has 0 unspecified atom stereocenters. The Labute approximate surface area is 143 Å². The van der Waals surface area contributed by atoms with Gasteiger partial charge in [-0.15, -0.1) is 0 Å². The molecule has 1 fully saturated rings. The molecule has 1 aliphatic heterocycles. The summed E-state index contributed by atoms with van der Waals surface area (Å²) in [7, 11) is 0. The van der Waals surface area contributed by atoms with Crippen molar-refractivity contribution in [3.63, 3.8) is 0 Å². The van der Waals surface area contributed by atoms with Gasteiger partial charge in [0.2, 0.25) is 0 Å². The Hall–Kier alpha value is -2.70. The molecule has 4 nitrogen and oxygen atoms in total. The third-order valence-electron chi connectivity index (χ3n) is 4.11. The normalized spacial score (nSPS) is 14.4. The van der Waals surface area contributed by atoms with Crippen molar-refractivity contribution < 1.29 is 18.0 Å². The molecule has 2 N–H and O–H groups in total. The minimum Gasteiger partial charge on any atom is -0.371 e. The molecule has 0 bridgehead atoms. The van der Waals surface area contributed by atoms with Crippen molar-refractivity contribution in [1.82, 2.24) is 5.43 Å². The standard InChI is InChI=1S/C18H18F3N3O/c19-18(20,21)13-8-9-16(24-10-4-5-11-24)15(12-13)17(25)23-22-14-6-2-1-3-7-14/h1-3,6-9,12,22H,4-5,10-11H2,(H,23,25). The van der Waals surface area contributed by atoms with Gasteiger partial charge in [-0.25, -0.2) is 0 Å². The summed E-state index contributed by atoms with van der Waals surface area (Å²) >= 11 is 0. The monoisotopic (exact) mass is 349 g/mol. The molecule has 1 heterocycles. The molecular formula is C18H18F3N3O. The number of carbonyl (C=O) groups excluding carboxylic acids is 1. The van der Waals surface area contributed by atoms with Crippen molar-refractivity contribution >= 4 is 17.3 Å². The van der Waals surface area contributed by atoms with E-state index in [9.17, 15) is 18.0 Å². The van der Waals surface area contributed by atoms with Crippen molar-refractivity contribution in [2.45, 2.75) is 19.0 Å². The second-order valence-electron chi connectivity index (χ2n) is 5.87. The number of hydrazine groups is 1. The third kappa shape index (κ3) is 4.04. The molecule has 7 heteroatoms. The zero-order chi connectivity index (χ0) is 17.9. The van der Waals surface area contributed by atoms with Crippen molar-refractivity contribution in [3.05, 3.63) is 59.7 Å². The van der Waals surface area contributed by atoms with Crippen LogP contribution < -0.4 is 15.8 Å². The van der Waals surface area contributed by atoms with Gasteiger partial charge in [-0.1, -0.05) is 18.2 Å². The van der Waals surface area contributed by atoms with Crippen LogP contribution in [-0.4, -0.2) is 19.0 Å². The fraction of sp³-hybridized carbons (Fsp3) is 0.278. The lowest BCUT2D eigenvalue weighted by Gasteiger charge is -2.22. The van der Waals surface area contributed by atoms with Gasteiger partial charge in [0.05, 0.1) is 16.8 Å². The second-order valence-corrected chi connectivity index (χ2v) is 5.87. The largest absolute Gasteiger partial charge is 0.416 e. The zero-order valence-electron chi connectivity index (χ0n) is 13.4. The molecule has 1 aliphatic rings. The molecule has 0 atom stereocenters. The SMILES string of the molecule is O=C(NNc1ccccc1)c1cc(C(F)(F)F)ccc1N1CCCC1. The number of hydrogen-bond donors (Lipinski definition) is 2. The van der Waals surface area contributed by atoms with E-state index in [0.717, 1.165) is 38.1 Å². The quantitative estimate of drug-likeness (QED) is 0.818. The summed E-state index contributed by atoms with van der Waals surface area (Å²) in [5, 5.41) is 0. The number of benzene rings is 2.